The normalized spacial score (nSPS) is 19.6. The lowest BCUT2D eigenvalue weighted by Gasteiger charge is -2.22. The number of rotatable bonds is 4. The van der Waals surface area contributed by atoms with Gasteiger partial charge in [0, 0.05) is 11.7 Å². The van der Waals surface area contributed by atoms with Crippen molar-refractivity contribution in [3.63, 3.8) is 0 Å². The lowest BCUT2D eigenvalue weighted by Crippen LogP contribution is -2.38. The molecule has 0 bridgehead atoms. The van der Waals surface area contributed by atoms with Gasteiger partial charge in [0.05, 0.1) is 23.9 Å². The molecule has 5 nitrogen and oxygen atoms in total. The van der Waals surface area contributed by atoms with E-state index in [-0.39, 0.29) is 25.1 Å². The zero-order valence-electron chi connectivity index (χ0n) is 10.6. The van der Waals surface area contributed by atoms with Crippen LogP contribution in [0, 0.1) is 0 Å². The van der Waals surface area contributed by atoms with Gasteiger partial charge in [-0.25, -0.2) is 0 Å². The van der Waals surface area contributed by atoms with Crippen molar-refractivity contribution < 1.29 is 9.90 Å². The predicted octanol–water partition coefficient (Wildman–Crippen LogP) is 1.32. The maximum atomic E-state index is 12.0. The van der Waals surface area contributed by atoms with Gasteiger partial charge in [-0.15, -0.1) is 0 Å². The number of nitrogens with one attached hydrogen (secondary N) is 1. The van der Waals surface area contributed by atoms with Crippen molar-refractivity contribution in [3.05, 3.63) is 23.2 Å². The highest BCUT2D eigenvalue weighted by Gasteiger charge is 2.25. The van der Waals surface area contributed by atoms with Gasteiger partial charge in [0.2, 0.25) is 5.91 Å². The van der Waals surface area contributed by atoms with E-state index in [1.165, 1.54) is 0 Å². The van der Waals surface area contributed by atoms with Gasteiger partial charge in [-0.2, -0.15) is 0 Å². The van der Waals surface area contributed by atoms with Gasteiger partial charge < -0.3 is 16.2 Å². The van der Waals surface area contributed by atoms with Crippen molar-refractivity contribution in [1.29, 1.82) is 0 Å². The van der Waals surface area contributed by atoms with E-state index in [1.54, 1.807) is 18.2 Å². The van der Waals surface area contributed by atoms with Crippen LogP contribution in [0.2, 0.25) is 5.02 Å². The largest absolute Gasteiger partial charge is 0.399 e. The minimum absolute atomic E-state index is 0.0852. The number of likely N-dealkylation sites (tertiary alicyclic amines) is 1. The number of anilines is 2. The molecule has 1 aliphatic rings. The second kappa shape index (κ2) is 6.23. The number of hydrogen-bond acceptors (Lipinski definition) is 4. The Kier molecular flexibility index (Phi) is 4.63. The molecule has 0 saturated carbocycles. The average molecular weight is 284 g/mol. The number of benzene rings is 1. The fraction of sp³-hybridized carbons (Fsp3) is 0.462. The van der Waals surface area contributed by atoms with Crippen LogP contribution >= 0.6 is 11.6 Å². The van der Waals surface area contributed by atoms with Crippen LogP contribution in [0.4, 0.5) is 11.4 Å². The Morgan fingerprint density at radius 2 is 2.37 bits per heavy atom. The quantitative estimate of drug-likeness (QED) is 0.728. The summed E-state index contributed by atoms with van der Waals surface area (Å²) in [7, 11) is 0. The fourth-order valence-electron chi connectivity index (χ4n) is 2.32. The van der Waals surface area contributed by atoms with E-state index in [2.05, 4.69) is 5.32 Å². The van der Waals surface area contributed by atoms with Crippen molar-refractivity contribution in [2.24, 2.45) is 0 Å². The molecule has 0 aliphatic carbocycles. The zero-order chi connectivity index (χ0) is 13.8. The summed E-state index contributed by atoms with van der Waals surface area (Å²) in [4.78, 5) is 13.9. The molecule has 19 heavy (non-hydrogen) atoms. The Bertz CT molecular complexity index is 467. The van der Waals surface area contributed by atoms with Crippen molar-refractivity contribution in [1.82, 2.24) is 4.90 Å². The number of hydrogen-bond donors (Lipinski definition) is 3. The number of nitrogens with zero attached hydrogens (tertiary/aromatic N) is 1. The van der Waals surface area contributed by atoms with E-state index in [0.29, 0.717) is 16.4 Å². The Balaban J connectivity index is 1.95. The number of carbonyl (C=O) groups excluding carboxylic acids is 1. The van der Waals surface area contributed by atoms with E-state index >= 15 is 0 Å². The van der Waals surface area contributed by atoms with E-state index < -0.39 is 0 Å². The molecule has 0 aromatic heterocycles. The van der Waals surface area contributed by atoms with Gasteiger partial charge in [-0.05, 0) is 37.6 Å². The van der Waals surface area contributed by atoms with Gasteiger partial charge in [-0.3, -0.25) is 9.69 Å². The SMILES string of the molecule is Nc1ccc(Cl)c(NC(=O)CN2CCCC2CO)c1. The molecule has 1 heterocycles. The first-order chi connectivity index (χ1) is 9.10. The summed E-state index contributed by atoms with van der Waals surface area (Å²) >= 11 is 5.99. The topological polar surface area (TPSA) is 78.6 Å². The third kappa shape index (κ3) is 3.59. The van der Waals surface area contributed by atoms with Gasteiger partial charge in [-0.1, -0.05) is 11.6 Å². The standard InChI is InChI=1S/C13H18ClN3O2/c14-11-4-3-9(15)6-12(11)16-13(19)7-17-5-1-2-10(17)8-18/h3-4,6,10,18H,1-2,5,7-8,15H2,(H,16,19). The molecule has 2 rings (SSSR count). The highest BCUT2D eigenvalue weighted by molar-refractivity contribution is 6.33. The average Bonchev–Trinajstić information content (AvgIpc) is 2.81. The van der Waals surface area contributed by atoms with Crippen molar-refractivity contribution in [3.8, 4) is 0 Å². The minimum Gasteiger partial charge on any atom is -0.399 e. The van der Waals surface area contributed by atoms with Crippen LogP contribution in [-0.2, 0) is 4.79 Å². The maximum absolute atomic E-state index is 12.0. The van der Waals surface area contributed by atoms with Gasteiger partial charge in [0.25, 0.3) is 0 Å². The molecule has 104 valence electrons. The minimum atomic E-state index is -0.146. The number of aliphatic hydroxyl groups excluding tert-OH is 1. The van der Waals surface area contributed by atoms with Crippen LogP contribution in [0.1, 0.15) is 12.8 Å². The molecule has 1 aliphatic heterocycles. The Morgan fingerprint density at radius 1 is 1.58 bits per heavy atom. The Hall–Kier alpha value is -1.30. The summed E-state index contributed by atoms with van der Waals surface area (Å²) in [5.74, 6) is -0.146. The molecule has 1 amide bonds. The first kappa shape index (κ1) is 14.1. The summed E-state index contributed by atoms with van der Waals surface area (Å²) in [6, 6.07) is 5.05. The zero-order valence-corrected chi connectivity index (χ0v) is 11.4. The third-order valence-electron chi connectivity index (χ3n) is 3.32. The molecule has 1 atom stereocenters. The maximum Gasteiger partial charge on any atom is 0.238 e. The van der Waals surface area contributed by atoms with Crippen molar-refractivity contribution >= 4 is 28.9 Å². The number of aliphatic hydroxyl groups is 1. The van der Waals surface area contributed by atoms with Crippen LogP contribution in [0.5, 0.6) is 0 Å². The van der Waals surface area contributed by atoms with Gasteiger partial charge >= 0.3 is 0 Å². The molecule has 1 unspecified atom stereocenters. The van der Waals surface area contributed by atoms with E-state index in [9.17, 15) is 9.90 Å². The number of carbonyl (C=O) groups is 1. The number of amides is 1. The molecular formula is C13H18ClN3O2. The molecule has 1 aromatic rings. The molecule has 4 N–H and O–H groups in total. The molecule has 6 heteroatoms. The lowest BCUT2D eigenvalue weighted by molar-refractivity contribution is -0.117. The van der Waals surface area contributed by atoms with Gasteiger partial charge in [0.1, 0.15) is 0 Å². The predicted molar refractivity (Wildman–Crippen MR) is 76.2 cm³/mol. The third-order valence-corrected chi connectivity index (χ3v) is 3.65. The first-order valence-corrected chi connectivity index (χ1v) is 6.67. The van der Waals surface area contributed by atoms with E-state index in [1.807, 2.05) is 4.90 Å². The van der Waals surface area contributed by atoms with Crippen molar-refractivity contribution in [2.45, 2.75) is 18.9 Å². The number of nitrogen functional groups attached to an aromatic ring is 1. The molecule has 1 aromatic carbocycles. The second-order valence-electron chi connectivity index (χ2n) is 4.74. The van der Waals surface area contributed by atoms with Crippen LogP contribution in [0.3, 0.4) is 0 Å². The van der Waals surface area contributed by atoms with Crippen LogP contribution in [0.15, 0.2) is 18.2 Å². The van der Waals surface area contributed by atoms with E-state index in [4.69, 9.17) is 17.3 Å². The fourth-order valence-corrected chi connectivity index (χ4v) is 2.49. The van der Waals surface area contributed by atoms with Crippen molar-refractivity contribution in [2.75, 3.05) is 30.7 Å². The number of halogens is 1. The smallest absolute Gasteiger partial charge is 0.238 e. The summed E-state index contributed by atoms with van der Waals surface area (Å²) in [6.07, 6.45) is 1.94. The molecule has 1 saturated heterocycles. The van der Waals surface area contributed by atoms with Gasteiger partial charge in [0.15, 0.2) is 0 Å². The summed E-state index contributed by atoms with van der Waals surface area (Å²) < 4.78 is 0. The lowest BCUT2D eigenvalue weighted by atomic mass is 10.2. The van der Waals surface area contributed by atoms with Crippen LogP contribution in [0.25, 0.3) is 0 Å². The van der Waals surface area contributed by atoms with Crippen LogP contribution < -0.4 is 11.1 Å². The molecule has 1 fully saturated rings. The van der Waals surface area contributed by atoms with E-state index in [0.717, 1.165) is 19.4 Å². The summed E-state index contributed by atoms with van der Waals surface area (Å²) in [5.41, 5.74) is 6.73. The molecular weight excluding hydrogens is 266 g/mol. The first-order valence-electron chi connectivity index (χ1n) is 6.30. The summed E-state index contributed by atoms with van der Waals surface area (Å²) in [5, 5.41) is 12.4. The number of nitrogens with two attached hydrogens (primary N) is 1. The summed E-state index contributed by atoms with van der Waals surface area (Å²) in [6.45, 7) is 1.19. The highest BCUT2D eigenvalue weighted by Crippen LogP contribution is 2.24. The monoisotopic (exact) mass is 283 g/mol. The molecule has 0 spiro atoms. The van der Waals surface area contributed by atoms with Crippen LogP contribution in [-0.4, -0.2) is 41.7 Å². The highest BCUT2D eigenvalue weighted by atomic mass is 35.5. The Morgan fingerprint density at radius 3 is 3.11 bits per heavy atom. The Labute approximate surface area is 117 Å². The second-order valence-corrected chi connectivity index (χ2v) is 5.14. The molecule has 0 radical (unpaired) electrons.